The molecule has 35 heavy (non-hydrogen) atoms. The van der Waals surface area contributed by atoms with Crippen molar-refractivity contribution in [2.45, 2.75) is 39.2 Å². The van der Waals surface area contributed by atoms with Crippen LogP contribution in [0.25, 0.3) is 22.0 Å². The molecule has 0 fully saturated rings. The maximum absolute atomic E-state index is 13.4. The van der Waals surface area contributed by atoms with Crippen molar-refractivity contribution in [1.82, 2.24) is 14.8 Å². The molecule has 0 spiro atoms. The van der Waals surface area contributed by atoms with E-state index < -0.39 is 11.5 Å². The van der Waals surface area contributed by atoms with Crippen LogP contribution < -0.4 is 10.5 Å². The number of thiazole rings is 1. The van der Waals surface area contributed by atoms with Crippen LogP contribution in [0.1, 0.15) is 43.1 Å². The van der Waals surface area contributed by atoms with E-state index in [9.17, 15) is 19.5 Å². The summed E-state index contributed by atoms with van der Waals surface area (Å²) in [6, 6.07) is 16.1. The second kappa shape index (κ2) is 11.1. The maximum Gasteiger partial charge on any atom is 0.357 e. The smallest absolute Gasteiger partial charge is 0.357 e. The summed E-state index contributed by atoms with van der Waals surface area (Å²) in [5, 5.41) is 16.5. The van der Waals surface area contributed by atoms with Crippen LogP contribution in [0.3, 0.4) is 0 Å². The van der Waals surface area contributed by atoms with Crippen molar-refractivity contribution in [2.24, 2.45) is 0 Å². The first kappa shape index (κ1) is 24.3. The van der Waals surface area contributed by atoms with E-state index in [1.807, 2.05) is 35.7 Å². The number of nitrogens with zero attached hydrogens (tertiary/aromatic N) is 4. The van der Waals surface area contributed by atoms with E-state index in [0.29, 0.717) is 11.7 Å². The molecule has 8 nitrogen and oxygen atoms in total. The molecule has 0 saturated carbocycles. The van der Waals surface area contributed by atoms with E-state index in [2.05, 4.69) is 17.0 Å². The zero-order chi connectivity index (χ0) is 24.8. The first-order chi connectivity index (χ1) is 17.0. The van der Waals surface area contributed by atoms with E-state index in [0.717, 1.165) is 41.6 Å². The highest BCUT2D eigenvalue weighted by molar-refractivity contribution is 7.14. The topological polar surface area (TPSA) is 105 Å². The van der Waals surface area contributed by atoms with Crippen LogP contribution in [0, 0.1) is 0 Å². The summed E-state index contributed by atoms with van der Waals surface area (Å²) in [5.74, 6) is -1.62. The maximum atomic E-state index is 13.4. The molecule has 4 aromatic rings. The van der Waals surface area contributed by atoms with Crippen molar-refractivity contribution < 1.29 is 14.7 Å². The number of fused-ring (bicyclic) bond motifs is 1. The van der Waals surface area contributed by atoms with Gasteiger partial charge in [0.1, 0.15) is 6.54 Å². The molecule has 2 aromatic carbocycles. The van der Waals surface area contributed by atoms with Gasteiger partial charge in [-0.2, -0.15) is 5.10 Å². The van der Waals surface area contributed by atoms with Gasteiger partial charge in [0.25, 0.3) is 11.5 Å². The minimum atomic E-state index is -1.26. The van der Waals surface area contributed by atoms with Crippen molar-refractivity contribution in [2.75, 3.05) is 11.4 Å². The van der Waals surface area contributed by atoms with Crippen LogP contribution in [0.2, 0.25) is 0 Å². The summed E-state index contributed by atoms with van der Waals surface area (Å²) in [4.78, 5) is 44.5. The van der Waals surface area contributed by atoms with Crippen LogP contribution >= 0.6 is 11.3 Å². The highest BCUT2D eigenvalue weighted by Gasteiger charge is 2.23. The number of aromatic nitrogens is 3. The van der Waals surface area contributed by atoms with E-state index in [1.54, 1.807) is 29.2 Å². The molecule has 1 amide bonds. The van der Waals surface area contributed by atoms with Crippen molar-refractivity contribution in [3.05, 3.63) is 76.0 Å². The van der Waals surface area contributed by atoms with E-state index in [4.69, 9.17) is 0 Å². The summed E-state index contributed by atoms with van der Waals surface area (Å²) in [6.07, 6.45) is 3.88. The molecule has 0 aliphatic rings. The van der Waals surface area contributed by atoms with Gasteiger partial charge in [-0.05, 0) is 12.5 Å². The van der Waals surface area contributed by atoms with Crippen LogP contribution in [0.15, 0.2) is 64.8 Å². The predicted octanol–water partition coefficient (Wildman–Crippen LogP) is 4.83. The van der Waals surface area contributed by atoms with Gasteiger partial charge in [0.15, 0.2) is 10.8 Å². The van der Waals surface area contributed by atoms with Crippen molar-refractivity contribution in [3.63, 3.8) is 0 Å². The average Bonchev–Trinajstić information content (AvgIpc) is 3.36. The number of carboxylic acids is 1. The fraction of sp³-hybridized carbons (Fsp3) is 0.269. The molecule has 2 heterocycles. The predicted molar refractivity (Wildman–Crippen MR) is 137 cm³/mol. The second-order valence-corrected chi connectivity index (χ2v) is 8.99. The molecule has 1 N–H and O–H groups in total. The summed E-state index contributed by atoms with van der Waals surface area (Å²) in [6.45, 7) is 2.19. The van der Waals surface area contributed by atoms with Gasteiger partial charge in [0, 0.05) is 22.9 Å². The summed E-state index contributed by atoms with van der Waals surface area (Å²) in [5.41, 5.74) is 0.954. The van der Waals surface area contributed by atoms with Crippen molar-refractivity contribution in [3.8, 4) is 11.3 Å². The number of anilines is 1. The summed E-state index contributed by atoms with van der Waals surface area (Å²) >= 11 is 1.36. The van der Waals surface area contributed by atoms with Gasteiger partial charge in [-0.3, -0.25) is 14.5 Å². The fourth-order valence-corrected chi connectivity index (χ4v) is 4.74. The zero-order valence-corrected chi connectivity index (χ0v) is 20.2. The standard InChI is InChI=1S/C26H26N4O4S/c1-2-3-4-10-15-29(26-27-21(17-35-26)18-11-6-5-7-12-18)22(31)16-30-24(32)20-14-9-8-13-19(20)23(28-30)25(33)34/h5-9,11-14,17H,2-4,10,15-16H2,1H3,(H,33,34). The first-order valence-electron chi connectivity index (χ1n) is 11.5. The number of carbonyl (C=O) groups excluding carboxylic acids is 1. The Bertz CT molecular complexity index is 1400. The van der Waals surface area contributed by atoms with Gasteiger partial charge in [-0.25, -0.2) is 14.5 Å². The number of benzene rings is 2. The molecule has 0 bridgehead atoms. The number of amides is 1. The number of unbranched alkanes of at least 4 members (excludes halogenated alkanes) is 3. The number of rotatable bonds is 10. The third-order valence-corrected chi connectivity index (χ3v) is 6.55. The third kappa shape index (κ3) is 5.46. The molecular formula is C26H26N4O4S. The number of carboxylic acid groups (broad SMARTS) is 1. The van der Waals surface area contributed by atoms with Crippen LogP contribution in [0.5, 0.6) is 0 Å². The molecular weight excluding hydrogens is 464 g/mol. The molecule has 180 valence electrons. The molecule has 9 heteroatoms. The molecule has 0 aliphatic carbocycles. The lowest BCUT2D eigenvalue weighted by Crippen LogP contribution is -2.38. The van der Waals surface area contributed by atoms with E-state index >= 15 is 0 Å². The molecule has 0 saturated heterocycles. The fourth-order valence-electron chi connectivity index (χ4n) is 3.87. The van der Waals surface area contributed by atoms with E-state index in [-0.39, 0.29) is 28.9 Å². The summed E-state index contributed by atoms with van der Waals surface area (Å²) in [7, 11) is 0. The molecule has 4 rings (SSSR count). The van der Waals surface area contributed by atoms with Crippen LogP contribution in [0.4, 0.5) is 5.13 Å². The Labute approximate surface area is 206 Å². The second-order valence-electron chi connectivity index (χ2n) is 8.15. The number of hydrogen-bond donors (Lipinski definition) is 1. The average molecular weight is 491 g/mol. The SMILES string of the molecule is CCCCCCN(C(=O)Cn1nc(C(=O)O)c2ccccc2c1=O)c1nc(-c2ccccc2)cs1. The Morgan fingerprint density at radius 2 is 1.71 bits per heavy atom. The van der Waals surface area contributed by atoms with Gasteiger partial charge < -0.3 is 5.11 Å². The molecule has 0 unspecified atom stereocenters. The number of hydrogen-bond acceptors (Lipinski definition) is 6. The molecule has 0 aliphatic heterocycles. The Kier molecular flexibility index (Phi) is 7.67. The lowest BCUT2D eigenvalue weighted by molar-refractivity contribution is -0.119. The Hall–Kier alpha value is -3.85. The summed E-state index contributed by atoms with van der Waals surface area (Å²) < 4.78 is 0.943. The zero-order valence-electron chi connectivity index (χ0n) is 19.4. The number of aromatic carboxylic acids is 1. The number of carbonyl (C=O) groups is 2. The molecule has 0 atom stereocenters. The van der Waals surface area contributed by atoms with Crippen molar-refractivity contribution >= 4 is 39.1 Å². The normalized spacial score (nSPS) is 11.0. The van der Waals surface area contributed by atoms with Crippen molar-refractivity contribution in [1.29, 1.82) is 0 Å². The van der Waals surface area contributed by atoms with Gasteiger partial charge in [0.05, 0.1) is 11.1 Å². The van der Waals surface area contributed by atoms with Crippen LogP contribution in [-0.4, -0.2) is 38.3 Å². The lowest BCUT2D eigenvalue weighted by atomic mass is 10.1. The first-order valence-corrected chi connectivity index (χ1v) is 12.4. The van der Waals surface area contributed by atoms with Gasteiger partial charge in [0.2, 0.25) is 0 Å². The molecule has 2 aromatic heterocycles. The minimum absolute atomic E-state index is 0.211. The monoisotopic (exact) mass is 490 g/mol. The van der Waals surface area contributed by atoms with E-state index in [1.165, 1.54) is 11.3 Å². The van der Waals surface area contributed by atoms with Gasteiger partial charge >= 0.3 is 5.97 Å². The Morgan fingerprint density at radius 1 is 1.00 bits per heavy atom. The minimum Gasteiger partial charge on any atom is -0.476 e. The lowest BCUT2D eigenvalue weighted by Gasteiger charge is -2.20. The quantitative estimate of drug-likeness (QED) is 0.319. The highest BCUT2D eigenvalue weighted by Crippen LogP contribution is 2.28. The largest absolute Gasteiger partial charge is 0.476 e. The highest BCUT2D eigenvalue weighted by atomic mass is 32.1. The van der Waals surface area contributed by atoms with Gasteiger partial charge in [-0.15, -0.1) is 11.3 Å². The Morgan fingerprint density at radius 3 is 2.43 bits per heavy atom. The third-order valence-electron chi connectivity index (χ3n) is 5.68. The molecule has 0 radical (unpaired) electrons. The van der Waals surface area contributed by atoms with Crippen LogP contribution in [-0.2, 0) is 11.3 Å². The van der Waals surface area contributed by atoms with Gasteiger partial charge in [-0.1, -0.05) is 74.7 Å². The Balaban J connectivity index is 1.66.